The lowest BCUT2D eigenvalue weighted by atomic mass is 9.76. The summed E-state index contributed by atoms with van der Waals surface area (Å²) in [5.41, 5.74) is -0.632. The fourth-order valence-electron chi connectivity index (χ4n) is 4.63. The Balaban J connectivity index is 1.26. The molecule has 170 valence electrons. The first-order valence-electron chi connectivity index (χ1n) is 11.1. The number of nitrogens with one attached hydrogen (secondary N) is 1. The van der Waals surface area contributed by atoms with Crippen LogP contribution in [0.5, 0.6) is 0 Å². The molecule has 3 aliphatic rings. The van der Waals surface area contributed by atoms with Crippen LogP contribution in [0.25, 0.3) is 11.4 Å². The van der Waals surface area contributed by atoms with Crippen LogP contribution in [0, 0.1) is 17.2 Å². The van der Waals surface area contributed by atoms with Gasteiger partial charge in [-0.15, -0.1) is 0 Å². The van der Waals surface area contributed by atoms with Gasteiger partial charge in [0.05, 0.1) is 30.9 Å². The smallest absolute Gasteiger partial charge is 0.230 e. The highest BCUT2D eigenvalue weighted by Crippen LogP contribution is 2.40. The number of allylic oxidation sites excluding steroid dienone is 3. The van der Waals surface area contributed by atoms with E-state index in [1.807, 2.05) is 0 Å². The lowest BCUT2D eigenvalue weighted by Gasteiger charge is -2.44. The van der Waals surface area contributed by atoms with Gasteiger partial charge in [0.15, 0.2) is 17.7 Å². The number of hydrogen-bond donors (Lipinski definition) is 1. The molecular weight excluding hydrogens is 426 g/mol. The molecule has 7 nitrogen and oxygen atoms in total. The zero-order valence-corrected chi connectivity index (χ0v) is 18.0. The Hall–Kier alpha value is -3.22. The van der Waals surface area contributed by atoms with E-state index in [2.05, 4.69) is 31.2 Å². The molecule has 2 saturated heterocycles. The third kappa shape index (κ3) is 4.24. The molecule has 2 atom stereocenters. The van der Waals surface area contributed by atoms with E-state index < -0.39 is 11.8 Å². The van der Waals surface area contributed by atoms with E-state index in [9.17, 15) is 5.26 Å². The Morgan fingerprint density at radius 3 is 2.67 bits per heavy atom. The lowest BCUT2D eigenvalue weighted by molar-refractivity contribution is -0.0825. The van der Waals surface area contributed by atoms with Gasteiger partial charge in [0.25, 0.3) is 0 Å². The maximum absolute atomic E-state index is 15.7. The van der Waals surface area contributed by atoms with Crippen molar-refractivity contribution >= 4 is 5.95 Å². The van der Waals surface area contributed by atoms with Gasteiger partial charge in [0, 0.05) is 17.2 Å². The van der Waals surface area contributed by atoms with Gasteiger partial charge in [-0.2, -0.15) is 10.2 Å². The molecule has 0 spiro atoms. The van der Waals surface area contributed by atoms with Crippen molar-refractivity contribution in [3.8, 4) is 17.5 Å². The molecule has 3 heterocycles. The van der Waals surface area contributed by atoms with Crippen LogP contribution in [0.1, 0.15) is 18.4 Å². The number of ether oxygens (including phenoxy) is 1. The average Bonchev–Trinajstić information content (AvgIpc) is 2.81. The Bertz CT molecular complexity index is 1120. The van der Waals surface area contributed by atoms with Gasteiger partial charge in [0.1, 0.15) is 6.33 Å². The third-order valence-electron chi connectivity index (χ3n) is 6.68. The zero-order chi connectivity index (χ0) is 22.8. The van der Waals surface area contributed by atoms with E-state index in [0.717, 1.165) is 26.3 Å². The number of nitriles is 1. The number of rotatable bonds is 5. The maximum Gasteiger partial charge on any atom is 0.230 e. The maximum atomic E-state index is 15.7. The number of likely N-dealkylation sites (tertiary alicyclic amines) is 1. The molecule has 33 heavy (non-hydrogen) atoms. The van der Waals surface area contributed by atoms with Crippen LogP contribution in [-0.2, 0) is 4.74 Å². The summed E-state index contributed by atoms with van der Waals surface area (Å²) in [6.45, 7) is 2.99. The first-order valence-corrected chi connectivity index (χ1v) is 11.1. The van der Waals surface area contributed by atoms with Crippen molar-refractivity contribution in [1.29, 1.82) is 5.26 Å². The molecule has 9 heteroatoms. The van der Waals surface area contributed by atoms with Crippen molar-refractivity contribution < 1.29 is 13.5 Å². The quantitative estimate of drug-likeness (QED) is 0.747. The minimum atomic E-state index is -2.02. The van der Waals surface area contributed by atoms with E-state index in [1.165, 1.54) is 18.5 Å². The second-order valence-electron chi connectivity index (χ2n) is 8.60. The predicted molar refractivity (Wildman–Crippen MR) is 118 cm³/mol. The van der Waals surface area contributed by atoms with Crippen LogP contribution in [0.4, 0.5) is 14.7 Å². The summed E-state index contributed by atoms with van der Waals surface area (Å²) in [6, 6.07) is 9.51. The number of benzene rings is 1. The van der Waals surface area contributed by atoms with Crippen molar-refractivity contribution in [3.63, 3.8) is 0 Å². The summed E-state index contributed by atoms with van der Waals surface area (Å²) in [5.74, 6) is 0.147. The molecule has 5 rings (SSSR count). The SMILES string of the molecule is N#Cc1ccccc1-c1ncnc(NC2=C[C@@H](F)[C@](F)(C3CCN(C4COC4)CC3)C=C2)n1. The molecule has 2 aliphatic heterocycles. The average molecular weight is 450 g/mol. The number of halogens is 2. The Morgan fingerprint density at radius 2 is 1.97 bits per heavy atom. The Labute approximate surface area is 190 Å². The van der Waals surface area contributed by atoms with Crippen LogP contribution in [-0.4, -0.2) is 64.0 Å². The molecule has 2 fully saturated rings. The fourth-order valence-corrected chi connectivity index (χ4v) is 4.63. The highest BCUT2D eigenvalue weighted by Gasteiger charge is 2.47. The van der Waals surface area contributed by atoms with Gasteiger partial charge in [-0.05, 0) is 56.3 Å². The molecule has 0 unspecified atom stereocenters. The summed E-state index contributed by atoms with van der Waals surface area (Å²) in [7, 11) is 0. The summed E-state index contributed by atoms with van der Waals surface area (Å²) >= 11 is 0. The largest absolute Gasteiger partial charge is 0.378 e. The van der Waals surface area contributed by atoms with Crippen LogP contribution in [0.15, 0.2) is 54.5 Å². The zero-order valence-electron chi connectivity index (χ0n) is 18.0. The number of nitrogens with zero attached hydrogens (tertiary/aromatic N) is 5. The Morgan fingerprint density at radius 1 is 1.18 bits per heavy atom. The number of anilines is 1. The van der Waals surface area contributed by atoms with Gasteiger partial charge >= 0.3 is 0 Å². The molecule has 1 N–H and O–H groups in total. The van der Waals surface area contributed by atoms with E-state index in [1.54, 1.807) is 30.3 Å². The van der Waals surface area contributed by atoms with Gasteiger partial charge < -0.3 is 10.1 Å². The van der Waals surface area contributed by atoms with Crippen molar-refractivity contribution in [2.45, 2.75) is 30.7 Å². The van der Waals surface area contributed by atoms with E-state index >= 15 is 8.78 Å². The van der Waals surface area contributed by atoms with E-state index in [-0.39, 0.29) is 11.9 Å². The standard InChI is InChI=1S/C24H24F2N6O/c25-21-11-18(5-8-24(21,26)17-6-9-32(10-7-17)19-13-33-14-19)30-23-29-15-28-22(31-23)20-4-2-1-3-16(20)12-27/h1-5,8,11,15,17,19,21H,6-7,9-10,13-14H2,(H,28,29,30,31)/t21-,24-/m1/s1. The van der Waals surface area contributed by atoms with Crippen LogP contribution in [0.3, 0.4) is 0 Å². The van der Waals surface area contributed by atoms with Crippen molar-refractivity contribution in [2.24, 2.45) is 5.92 Å². The molecule has 0 saturated carbocycles. The summed E-state index contributed by atoms with van der Waals surface area (Å²) < 4.78 is 36.0. The third-order valence-corrected chi connectivity index (χ3v) is 6.68. The second-order valence-corrected chi connectivity index (χ2v) is 8.60. The van der Waals surface area contributed by atoms with Gasteiger partial charge in [-0.25, -0.2) is 18.7 Å². The Kier molecular flexibility index (Phi) is 5.87. The molecule has 1 aromatic heterocycles. The van der Waals surface area contributed by atoms with E-state index in [0.29, 0.717) is 41.5 Å². The van der Waals surface area contributed by atoms with Crippen LogP contribution in [0.2, 0.25) is 0 Å². The molecule has 0 amide bonds. The number of alkyl halides is 2. The molecule has 0 bridgehead atoms. The van der Waals surface area contributed by atoms with Gasteiger partial charge in [0.2, 0.25) is 5.95 Å². The molecular formula is C24H24F2N6O. The van der Waals surface area contributed by atoms with Crippen molar-refractivity contribution in [1.82, 2.24) is 19.9 Å². The fraction of sp³-hybridized carbons (Fsp3) is 0.417. The molecule has 2 aromatic rings. The van der Waals surface area contributed by atoms with Crippen molar-refractivity contribution in [3.05, 3.63) is 60.1 Å². The van der Waals surface area contributed by atoms with E-state index in [4.69, 9.17) is 4.74 Å². The monoisotopic (exact) mass is 450 g/mol. The number of aromatic nitrogens is 3. The highest BCUT2D eigenvalue weighted by molar-refractivity contribution is 5.65. The first kappa shape index (κ1) is 21.6. The van der Waals surface area contributed by atoms with Gasteiger partial charge in [-0.3, -0.25) is 4.90 Å². The summed E-state index contributed by atoms with van der Waals surface area (Å²) in [6.07, 6.45) is 4.91. The van der Waals surface area contributed by atoms with Gasteiger partial charge in [-0.1, -0.05) is 12.1 Å². The second kappa shape index (κ2) is 8.96. The normalized spacial score (nSPS) is 26.3. The predicted octanol–water partition coefficient (Wildman–Crippen LogP) is 3.43. The molecule has 1 aliphatic carbocycles. The highest BCUT2D eigenvalue weighted by atomic mass is 19.2. The minimum Gasteiger partial charge on any atom is -0.378 e. The van der Waals surface area contributed by atoms with Crippen LogP contribution < -0.4 is 5.32 Å². The van der Waals surface area contributed by atoms with Crippen LogP contribution >= 0.6 is 0 Å². The first-order chi connectivity index (χ1) is 16.1. The molecule has 0 radical (unpaired) electrons. The lowest BCUT2D eigenvalue weighted by Crippen LogP contribution is -2.54. The molecule has 1 aromatic carbocycles. The number of hydrogen-bond acceptors (Lipinski definition) is 7. The van der Waals surface area contributed by atoms with Crippen molar-refractivity contribution in [2.75, 3.05) is 31.6 Å². The summed E-state index contributed by atoms with van der Waals surface area (Å²) in [4.78, 5) is 14.9. The topological polar surface area (TPSA) is 87.0 Å². The minimum absolute atomic E-state index is 0.193. The number of piperidine rings is 1. The summed E-state index contributed by atoms with van der Waals surface area (Å²) in [5, 5.41) is 12.2.